The van der Waals surface area contributed by atoms with E-state index in [1.54, 1.807) is 0 Å². The second-order valence-corrected chi connectivity index (χ2v) is 5.16. The van der Waals surface area contributed by atoms with Crippen LogP contribution in [0.3, 0.4) is 0 Å². The third kappa shape index (κ3) is 3.45. The molecular formula is C9H7F3O4S. The van der Waals surface area contributed by atoms with Crippen LogP contribution in [-0.2, 0) is 20.8 Å². The molecule has 94 valence electrons. The molecule has 0 heterocycles. The van der Waals surface area contributed by atoms with Gasteiger partial charge in [0.1, 0.15) is 0 Å². The average molecular weight is 268 g/mol. The number of sulfone groups is 1. The summed E-state index contributed by atoms with van der Waals surface area (Å²) in [5.41, 5.74) is -0.994. The predicted octanol–water partition coefficient (Wildman–Crippen LogP) is 1.56. The van der Waals surface area contributed by atoms with Gasteiger partial charge in [-0.2, -0.15) is 13.2 Å². The van der Waals surface area contributed by atoms with Gasteiger partial charge in [-0.3, -0.25) is 4.79 Å². The number of benzene rings is 1. The van der Waals surface area contributed by atoms with Crippen molar-refractivity contribution >= 4 is 15.8 Å². The van der Waals surface area contributed by atoms with Crippen LogP contribution in [0.15, 0.2) is 29.2 Å². The highest BCUT2D eigenvalue weighted by atomic mass is 32.2. The summed E-state index contributed by atoms with van der Waals surface area (Å²) in [5, 5.41) is 8.34. The van der Waals surface area contributed by atoms with Gasteiger partial charge in [0.05, 0.1) is 10.5 Å². The van der Waals surface area contributed by atoms with E-state index in [2.05, 4.69) is 0 Å². The standard InChI is InChI=1S/C9H7F3O4S/c10-9(11,12)6-1-3-7(4-2-6)17(15,16)5-8(13)14/h1-4H,5H2,(H,13,14). The van der Waals surface area contributed by atoms with Crippen molar-refractivity contribution in [2.75, 3.05) is 5.75 Å². The van der Waals surface area contributed by atoms with Crippen molar-refractivity contribution in [2.45, 2.75) is 11.1 Å². The zero-order valence-corrected chi connectivity index (χ0v) is 9.05. The molecule has 0 aliphatic carbocycles. The monoisotopic (exact) mass is 268 g/mol. The van der Waals surface area contributed by atoms with E-state index >= 15 is 0 Å². The van der Waals surface area contributed by atoms with E-state index in [1.807, 2.05) is 0 Å². The molecule has 0 bridgehead atoms. The molecule has 0 spiro atoms. The molecule has 0 aromatic heterocycles. The van der Waals surface area contributed by atoms with Crippen molar-refractivity contribution in [2.24, 2.45) is 0 Å². The van der Waals surface area contributed by atoms with Crippen LogP contribution in [0.25, 0.3) is 0 Å². The maximum Gasteiger partial charge on any atom is 0.416 e. The molecule has 0 saturated carbocycles. The zero-order valence-electron chi connectivity index (χ0n) is 8.23. The van der Waals surface area contributed by atoms with Gasteiger partial charge in [-0.1, -0.05) is 0 Å². The average Bonchev–Trinajstić information content (AvgIpc) is 2.14. The highest BCUT2D eigenvalue weighted by Crippen LogP contribution is 2.29. The molecule has 0 radical (unpaired) electrons. The van der Waals surface area contributed by atoms with Gasteiger partial charge >= 0.3 is 12.1 Å². The van der Waals surface area contributed by atoms with Crippen LogP contribution < -0.4 is 0 Å². The van der Waals surface area contributed by atoms with Gasteiger partial charge in [0.15, 0.2) is 15.6 Å². The van der Waals surface area contributed by atoms with Crippen molar-refractivity contribution < 1.29 is 31.5 Å². The smallest absolute Gasteiger partial charge is 0.416 e. The Kier molecular flexibility index (Phi) is 3.46. The molecule has 1 rings (SSSR count). The largest absolute Gasteiger partial charge is 0.480 e. The Bertz CT molecular complexity index is 516. The Morgan fingerprint density at radius 1 is 1.18 bits per heavy atom. The Morgan fingerprint density at radius 2 is 1.65 bits per heavy atom. The lowest BCUT2D eigenvalue weighted by atomic mass is 10.2. The van der Waals surface area contributed by atoms with Gasteiger partial charge in [0, 0.05) is 0 Å². The molecule has 1 N–H and O–H groups in total. The lowest BCUT2D eigenvalue weighted by Crippen LogP contribution is -2.15. The third-order valence-electron chi connectivity index (χ3n) is 1.85. The summed E-state index contributed by atoms with van der Waals surface area (Å²) in [5.74, 6) is -2.72. The van der Waals surface area contributed by atoms with E-state index in [0.29, 0.717) is 12.1 Å². The van der Waals surface area contributed by atoms with E-state index in [1.165, 1.54) is 0 Å². The first-order valence-corrected chi connectivity index (χ1v) is 5.90. The number of aliphatic carboxylic acids is 1. The Labute approximate surface area is 94.6 Å². The van der Waals surface area contributed by atoms with Crippen LogP contribution in [-0.4, -0.2) is 25.2 Å². The van der Waals surface area contributed by atoms with Crippen LogP contribution in [0.5, 0.6) is 0 Å². The first kappa shape index (κ1) is 13.5. The summed E-state index contributed by atoms with van der Waals surface area (Å²) in [6, 6.07) is 2.66. The van der Waals surface area contributed by atoms with E-state index < -0.39 is 38.2 Å². The molecule has 0 atom stereocenters. The first-order valence-electron chi connectivity index (χ1n) is 4.25. The lowest BCUT2D eigenvalue weighted by molar-refractivity contribution is -0.137. The highest BCUT2D eigenvalue weighted by molar-refractivity contribution is 7.92. The number of carboxylic acids is 1. The number of carbonyl (C=O) groups is 1. The van der Waals surface area contributed by atoms with Gasteiger partial charge in [-0.25, -0.2) is 8.42 Å². The fourth-order valence-electron chi connectivity index (χ4n) is 1.10. The summed E-state index contributed by atoms with van der Waals surface area (Å²) in [6.45, 7) is 0. The molecule has 0 saturated heterocycles. The first-order chi connectivity index (χ1) is 7.63. The minimum atomic E-state index is -4.56. The van der Waals surface area contributed by atoms with E-state index in [9.17, 15) is 26.4 Å². The lowest BCUT2D eigenvalue weighted by Gasteiger charge is -2.07. The zero-order chi connectivity index (χ0) is 13.3. The second kappa shape index (κ2) is 4.36. The molecule has 0 unspecified atom stereocenters. The molecule has 8 heteroatoms. The summed E-state index contributed by atoms with van der Waals surface area (Å²) < 4.78 is 59.2. The fourth-order valence-corrected chi connectivity index (χ4v) is 2.14. The van der Waals surface area contributed by atoms with Crippen molar-refractivity contribution in [1.82, 2.24) is 0 Å². The van der Waals surface area contributed by atoms with Crippen LogP contribution in [0.1, 0.15) is 5.56 Å². The van der Waals surface area contributed by atoms with Gasteiger partial charge in [0.2, 0.25) is 0 Å². The third-order valence-corrected chi connectivity index (χ3v) is 3.47. The molecule has 0 fully saturated rings. The molecule has 17 heavy (non-hydrogen) atoms. The highest BCUT2D eigenvalue weighted by Gasteiger charge is 2.30. The number of carboxylic acid groups (broad SMARTS) is 1. The molecule has 4 nitrogen and oxygen atoms in total. The summed E-state index contributed by atoms with van der Waals surface area (Å²) in [6.07, 6.45) is -4.56. The molecular weight excluding hydrogens is 261 g/mol. The van der Waals surface area contributed by atoms with Crippen molar-refractivity contribution in [3.63, 3.8) is 0 Å². The van der Waals surface area contributed by atoms with Crippen molar-refractivity contribution in [3.05, 3.63) is 29.8 Å². The Hall–Kier alpha value is -1.57. The van der Waals surface area contributed by atoms with Crippen LogP contribution >= 0.6 is 0 Å². The minimum absolute atomic E-state index is 0.451. The number of hydrogen-bond donors (Lipinski definition) is 1. The van der Waals surface area contributed by atoms with E-state index in [0.717, 1.165) is 12.1 Å². The summed E-state index contributed by atoms with van der Waals surface area (Å²) in [4.78, 5) is 9.80. The maximum atomic E-state index is 12.2. The predicted molar refractivity (Wildman–Crippen MR) is 51.1 cm³/mol. The van der Waals surface area contributed by atoms with E-state index in [-0.39, 0.29) is 0 Å². The van der Waals surface area contributed by atoms with Crippen LogP contribution in [0.4, 0.5) is 13.2 Å². The number of hydrogen-bond acceptors (Lipinski definition) is 3. The molecule has 0 amide bonds. The van der Waals surface area contributed by atoms with Gasteiger partial charge < -0.3 is 5.11 Å². The Morgan fingerprint density at radius 3 is 2.00 bits per heavy atom. The second-order valence-electron chi connectivity index (χ2n) is 3.17. The van der Waals surface area contributed by atoms with Gasteiger partial charge in [-0.15, -0.1) is 0 Å². The Balaban J connectivity index is 3.08. The molecule has 0 aliphatic rings. The van der Waals surface area contributed by atoms with E-state index in [4.69, 9.17) is 5.11 Å². The normalized spacial score (nSPS) is 12.4. The number of alkyl halides is 3. The quantitative estimate of drug-likeness (QED) is 0.903. The summed E-state index contributed by atoms with van der Waals surface area (Å²) >= 11 is 0. The maximum absolute atomic E-state index is 12.2. The van der Waals surface area contributed by atoms with Gasteiger partial charge in [0.25, 0.3) is 0 Å². The SMILES string of the molecule is O=C(O)CS(=O)(=O)c1ccc(C(F)(F)F)cc1. The number of rotatable bonds is 3. The molecule has 1 aromatic rings. The topological polar surface area (TPSA) is 71.4 Å². The van der Waals surface area contributed by atoms with Crippen molar-refractivity contribution in [3.8, 4) is 0 Å². The molecule has 1 aromatic carbocycles. The fraction of sp³-hybridized carbons (Fsp3) is 0.222. The summed E-state index contributed by atoms with van der Waals surface area (Å²) in [7, 11) is -4.09. The van der Waals surface area contributed by atoms with Crippen LogP contribution in [0.2, 0.25) is 0 Å². The number of halogens is 3. The van der Waals surface area contributed by atoms with Crippen molar-refractivity contribution in [1.29, 1.82) is 0 Å². The van der Waals surface area contributed by atoms with Gasteiger partial charge in [-0.05, 0) is 24.3 Å². The van der Waals surface area contributed by atoms with Crippen LogP contribution in [0, 0.1) is 0 Å². The minimum Gasteiger partial charge on any atom is -0.480 e. The molecule has 0 aliphatic heterocycles.